The van der Waals surface area contributed by atoms with Crippen LogP contribution in [0.15, 0.2) is 59.5 Å². The summed E-state index contributed by atoms with van der Waals surface area (Å²) >= 11 is 0. The Labute approximate surface area is 135 Å². The molecular formula is C17H17NO4S. The van der Waals surface area contributed by atoms with Crippen LogP contribution in [0.3, 0.4) is 0 Å². The topological polar surface area (TPSA) is 72.5 Å². The van der Waals surface area contributed by atoms with E-state index in [-0.39, 0.29) is 4.90 Å². The average molecular weight is 331 g/mol. The van der Waals surface area contributed by atoms with Crippen LogP contribution in [0.5, 0.6) is 5.75 Å². The van der Waals surface area contributed by atoms with Gasteiger partial charge in [-0.05, 0) is 42.3 Å². The first-order valence-electron chi connectivity index (χ1n) is 6.87. The number of sulfonamides is 1. The lowest BCUT2D eigenvalue weighted by atomic mass is 10.2. The molecule has 2 aromatic rings. The van der Waals surface area contributed by atoms with E-state index >= 15 is 0 Å². The predicted molar refractivity (Wildman–Crippen MR) is 88.5 cm³/mol. The van der Waals surface area contributed by atoms with Crippen LogP contribution in [0.4, 0.5) is 0 Å². The second-order valence-corrected chi connectivity index (χ2v) is 6.53. The summed E-state index contributed by atoms with van der Waals surface area (Å²) in [4.78, 5) is 11.8. The number of rotatable bonds is 5. The van der Waals surface area contributed by atoms with Gasteiger partial charge in [-0.2, -0.15) is 0 Å². The molecule has 0 aliphatic carbocycles. The number of amides is 1. The number of carbonyl (C=O) groups excluding carboxylic acids is 1. The normalized spacial score (nSPS) is 11.4. The van der Waals surface area contributed by atoms with Crippen LogP contribution in [0.1, 0.15) is 11.1 Å². The van der Waals surface area contributed by atoms with Gasteiger partial charge in [-0.25, -0.2) is 13.1 Å². The Morgan fingerprint density at radius 1 is 1.13 bits per heavy atom. The van der Waals surface area contributed by atoms with Gasteiger partial charge in [-0.3, -0.25) is 4.79 Å². The Kier molecular flexibility index (Phi) is 5.18. The summed E-state index contributed by atoms with van der Waals surface area (Å²) in [5.74, 6) is -0.124. The largest absolute Gasteiger partial charge is 0.496 e. The average Bonchev–Trinajstić information content (AvgIpc) is 2.53. The van der Waals surface area contributed by atoms with E-state index in [4.69, 9.17) is 4.74 Å². The standard InChI is InChI=1S/C17H17NO4S/c1-13-12-15(9-10-16(13)22-2)23(20,21)18-17(19)11-8-14-6-4-3-5-7-14/h3-12H,1-2H3,(H,18,19)/b11-8+. The number of methoxy groups -OCH3 is 1. The fourth-order valence-corrected chi connectivity index (χ4v) is 3.01. The Balaban J connectivity index is 2.13. The Bertz CT molecular complexity index is 827. The maximum absolute atomic E-state index is 12.2. The van der Waals surface area contributed by atoms with Crippen molar-refractivity contribution in [2.45, 2.75) is 11.8 Å². The van der Waals surface area contributed by atoms with Crippen molar-refractivity contribution >= 4 is 22.0 Å². The lowest BCUT2D eigenvalue weighted by Gasteiger charge is -2.08. The van der Waals surface area contributed by atoms with E-state index in [2.05, 4.69) is 0 Å². The molecule has 120 valence electrons. The molecule has 0 heterocycles. The molecule has 0 aromatic heterocycles. The first-order chi connectivity index (χ1) is 10.9. The van der Waals surface area contributed by atoms with Gasteiger partial charge in [0.15, 0.2) is 0 Å². The Morgan fingerprint density at radius 3 is 2.43 bits per heavy atom. The summed E-state index contributed by atoms with van der Waals surface area (Å²) in [5.41, 5.74) is 1.47. The van der Waals surface area contributed by atoms with Gasteiger partial charge in [0.1, 0.15) is 5.75 Å². The molecule has 0 radical (unpaired) electrons. The van der Waals surface area contributed by atoms with Gasteiger partial charge in [0.05, 0.1) is 12.0 Å². The molecule has 6 heteroatoms. The predicted octanol–water partition coefficient (Wildman–Crippen LogP) is 2.52. The highest BCUT2D eigenvalue weighted by molar-refractivity contribution is 7.90. The van der Waals surface area contributed by atoms with Crippen molar-refractivity contribution in [1.82, 2.24) is 4.72 Å². The number of hydrogen-bond donors (Lipinski definition) is 1. The summed E-state index contributed by atoms with van der Waals surface area (Å²) < 4.78 is 31.5. The van der Waals surface area contributed by atoms with Gasteiger partial charge in [-0.15, -0.1) is 0 Å². The number of nitrogens with one attached hydrogen (secondary N) is 1. The number of hydrogen-bond acceptors (Lipinski definition) is 4. The summed E-state index contributed by atoms with van der Waals surface area (Å²) in [5, 5.41) is 0. The van der Waals surface area contributed by atoms with Gasteiger partial charge in [0, 0.05) is 6.08 Å². The molecule has 0 saturated heterocycles. The van der Waals surface area contributed by atoms with Gasteiger partial charge in [0.2, 0.25) is 0 Å². The van der Waals surface area contributed by atoms with Crippen LogP contribution in [0, 0.1) is 6.92 Å². The molecule has 0 saturated carbocycles. The van der Waals surface area contributed by atoms with Crippen LogP contribution in [-0.2, 0) is 14.8 Å². The maximum atomic E-state index is 12.2. The maximum Gasteiger partial charge on any atom is 0.264 e. The number of aryl methyl sites for hydroxylation is 1. The summed E-state index contributed by atoms with van der Waals surface area (Å²) in [7, 11) is -2.41. The SMILES string of the molecule is COc1ccc(S(=O)(=O)NC(=O)/C=C/c2ccccc2)cc1C. The molecule has 0 unspecified atom stereocenters. The van der Waals surface area contributed by atoms with Gasteiger partial charge < -0.3 is 4.74 Å². The van der Waals surface area contributed by atoms with Crippen LogP contribution in [-0.4, -0.2) is 21.4 Å². The molecule has 0 aliphatic heterocycles. The lowest BCUT2D eigenvalue weighted by molar-refractivity contribution is -0.114. The van der Waals surface area contributed by atoms with Crippen molar-refractivity contribution in [2.75, 3.05) is 7.11 Å². The lowest BCUT2D eigenvalue weighted by Crippen LogP contribution is -2.29. The first-order valence-corrected chi connectivity index (χ1v) is 8.35. The molecule has 23 heavy (non-hydrogen) atoms. The minimum Gasteiger partial charge on any atom is -0.496 e. The van der Waals surface area contributed by atoms with E-state index < -0.39 is 15.9 Å². The minimum absolute atomic E-state index is 0.0114. The van der Waals surface area contributed by atoms with Crippen LogP contribution < -0.4 is 9.46 Å². The molecule has 0 spiro atoms. The van der Waals surface area contributed by atoms with Crippen molar-refractivity contribution in [2.24, 2.45) is 0 Å². The second kappa shape index (κ2) is 7.11. The quantitative estimate of drug-likeness (QED) is 0.855. The summed E-state index contributed by atoms with van der Waals surface area (Å²) in [6.45, 7) is 1.73. The molecule has 0 atom stereocenters. The summed E-state index contributed by atoms with van der Waals surface area (Å²) in [6, 6.07) is 13.5. The fraction of sp³-hybridized carbons (Fsp3) is 0.118. The highest BCUT2D eigenvalue weighted by atomic mass is 32.2. The number of benzene rings is 2. The van der Waals surface area contributed by atoms with E-state index in [9.17, 15) is 13.2 Å². The molecule has 0 fully saturated rings. The molecule has 0 aliphatic rings. The van der Waals surface area contributed by atoms with Crippen LogP contribution in [0.2, 0.25) is 0 Å². The zero-order valence-corrected chi connectivity index (χ0v) is 13.6. The molecular weight excluding hydrogens is 314 g/mol. The van der Waals surface area contributed by atoms with Gasteiger partial charge in [-0.1, -0.05) is 30.3 Å². The molecule has 5 nitrogen and oxygen atoms in total. The van der Waals surface area contributed by atoms with E-state index in [0.717, 1.165) is 5.56 Å². The summed E-state index contributed by atoms with van der Waals surface area (Å²) in [6.07, 6.45) is 2.73. The van der Waals surface area contributed by atoms with Crippen LogP contribution in [0.25, 0.3) is 6.08 Å². The Morgan fingerprint density at radius 2 is 1.83 bits per heavy atom. The monoisotopic (exact) mass is 331 g/mol. The molecule has 2 rings (SSSR count). The van der Waals surface area contributed by atoms with E-state index in [1.165, 1.54) is 25.3 Å². The third kappa shape index (κ3) is 4.43. The third-order valence-electron chi connectivity index (χ3n) is 3.14. The minimum atomic E-state index is -3.92. The Hall–Kier alpha value is -2.60. The van der Waals surface area contributed by atoms with E-state index in [1.54, 1.807) is 19.1 Å². The van der Waals surface area contributed by atoms with Crippen molar-refractivity contribution < 1.29 is 17.9 Å². The third-order valence-corrected chi connectivity index (χ3v) is 4.48. The zero-order chi connectivity index (χ0) is 16.9. The number of ether oxygens (including phenoxy) is 1. The van der Waals surface area contributed by atoms with Crippen molar-refractivity contribution in [3.05, 3.63) is 65.7 Å². The van der Waals surface area contributed by atoms with Crippen molar-refractivity contribution in [1.29, 1.82) is 0 Å². The first kappa shape index (κ1) is 16.8. The fourth-order valence-electron chi connectivity index (χ4n) is 1.98. The molecule has 1 amide bonds. The zero-order valence-electron chi connectivity index (χ0n) is 12.8. The van der Waals surface area contributed by atoms with Gasteiger partial charge >= 0.3 is 0 Å². The van der Waals surface area contributed by atoms with E-state index in [1.807, 2.05) is 35.1 Å². The van der Waals surface area contributed by atoms with E-state index in [0.29, 0.717) is 11.3 Å². The molecule has 1 N–H and O–H groups in total. The van der Waals surface area contributed by atoms with Gasteiger partial charge in [0.25, 0.3) is 15.9 Å². The number of carbonyl (C=O) groups is 1. The second-order valence-electron chi connectivity index (χ2n) is 4.85. The van der Waals surface area contributed by atoms with Crippen molar-refractivity contribution in [3.63, 3.8) is 0 Å². The smallest absolute Gasteiger partial charge is 0.264 e. The highest BCUT2D eigenvalue weighted by Crippen LogP contribution is 2.21. The molecule has 0 bridgehead atoms. The highest BCUT2D eigenvalue weighted by Gasteiger charge is 2.17. The van der Waals surface area contributed by atoms with Crippen LogP contribution >= 0.6 is 0 Å². The molecule has 2 aromatic carbocycles. The van der Waals surface area contributed by atoms with Crippen molar-refractivity contribution in [3.8, 4) is 5.75 Å².